The molecule has 0 unspecified atom stereocenters. The van der Waals surface area contributed by atoms with Crippen molar-refractivity contribution >= 4 is 22.5 Å². The van der Waals surface area contributed by atoms with Gasteiger partial charge in [-0.2, -0.15) is 0 Å². The van der Waals surface area contributed by atoms with Crippen LogP contribution in [0.4, 0.5) is 11.5 Å². The Labute approximate surface area is 197 Å². The maximum Gasteiger partial charge on any atom is 0.246 e. The van der Waals surface area contributed by atoms with E-state index in [-0.39, 0.29) is 6.10 Å². The second-order valence-corrected chi connectivity index (χ2v) is 8.41. The molecule has 4 aromatic rings. The van der Waals surface area contributed by atoms with Crippen LogP contribution in [-0.4, -0.2) is 67.5 Å². The number of benzene rings is 1. The van der Waals surface area contributed by atoms with E-state index in [4.69, 9.17) is 9.47 Å². The number of nitrogens with one attached hydrogen (secondary N) is 2. The molecule has 1 aliphatic rings. The van der Waals surface area contributed by atoms with Crippen molar-refractivity contribution in [3.63, 3.8) is 0 Å². The fourth-order valence-electron chi connectivity index (χ4n) is 3.94. The smallest absolute Gasteiger partial charge is 0.246 e. The number of rotatable bonds is 8. The van der Waals surface area contributed by atoms with Crippen molar-refractivity contribution < 1.29 is 14.6 Å². The van der Waals surface area contributed by atoms with Gasteiger partial charge in [0.05, 0.1) is 12.3 Å². The number of aromatic amines is 1. The highest BCUT2D eigenvalue weighted by molar-refractivity contribution is 5.92. The van der Waals surface area contributed by atoms with Crippen LogP contribution in [0.15, 0.2) is 42.9 Å². The van der Waals surface area contributed by atoms with Gasteiger partial charge in [-0.05, 0) is 56.2 Å². The van der Waals surface area contributed by atoms with Crippen molar-refractivity contribution in [2.45, 2.75) is 26.4 Å². The van der Waals surface area contributed by atoms with Crippen molar-refractivity contribution in [2.75, 3.05) is 31.6 Å². The Balaban J connectivity index is 1.29. The molecular weight excluding hydrogens is 434 g/mol. The second kappa shape index (κ2) is 9.62. The number of H-pyrrole nitrogens is 1. The Bertz CT molecular complexity index is 1280. The third-order valence-electron chi connectivity index (χ3n) is 5.77. The first-order valence-electron chi connectivity index (χ1n) is 11.3. The number of aryl methyl sites for hydroxylation is 2. The molecule has 0 spiro atoms. The van der Waals surface area contributed by atoms with Gasteiger partial charge in [0.2, 0.25) is 5.88 Å². The minimum absolute atomic E-state index is 0.246. The van der Waals surface area contributed by atoms with E-state index < -0.39 is 0 Å². The van der Waals surface area contributed by atoms with E-state index in [1.54, 1.807) is 6.20 Å². The van der Waals surface area contributed by atoms with Crippen LogP contribution in [0, 0.1) is 13.8 Å². The second-order valence-electron chi connectivity index (χ2n) is 8.41. The zero-order chi connectivity index (χ0) is 23.5. The predicted molar refractivity (Wildman–Crippen MR) is 128 cm³/mol. The third kappa shape index (κ3) is 4.92. The summed E-state index contributed by atoms with van der Waals surface area (Å²) in [7, 11) is 0. The summed E-state index contributed by atoms with van der Waals surface area (Å²) in [6.07, 6.45) is 3.75. The number of fused-ring (bicyclic) bond motifs is 1. The van der Waals surface area contributed by atoms with Crippen molar-refractivity contribution in [1.29, 1.82) is 0 Å². The Morgan fingerprint density at radius 3 is 2.85 bits per heavy atom. The molecule has 10 heteroatoms. The highest BCUT2D eigenvalue weighted by Gasteiger charge is 2.20. The minimum Gasteiger partial charge on any atom is -0.475 e. The number of pyridine rings is 1. The zero-order valence-electron chi connectivity index (χ0n) is 19.2. The van der Waals surface area contributed by atoms with E-state index >= 15 is 0 Å². The maximum atomic E-state index is 9.69. The molecule has 10 nitrogen and oxygen atoms in total. The highest BCUT2D eigenvalue weighted by atomic mass is 16.5. The van der Waals surface area contributed by atoms with Gasteiger partial charge in [-0.15, -0.1) is 5.10 Å². The lowest BCUT2D eigenvalue weighted by Crippen LogP contribution is -2.27. The van der Waals surface area contributed by atoms with Crippen LogP contribution in [0.5, 0.6) is 17.4 Å². The van der Waals surface area contributed by atoms with E-state index in [1.807, 2.05) is 44.2 Å². The molecule has 1 saturated heterocycles. The number of aromatic nitrogens is 5. The summed E-state index contributed by atoms with van der Waals surface area (Å²) in [4.78, 5) is 15.1. The normalized spacial score (nSPS) is 16.1. The lowest BCUT2D eigenvalue weighted by molar-refractivity contribution is 0.167. The molecule has 0 radical (unpaired) electrons. The van der Waals surface area contributed by atoms with Gasteiger partial charge in [0.15, 0.2) is 5.65 Å². The molecule has 1 aliphatic heterocycles. The Kier molecular flexibility index (Phi) is 6.24. The molecular formula is C24H27N7O3. The maximum absolute atomic E-state index is 9.69. The van der Waals surface area contributed by atoms with E-state index in [9.17, 15) is 5.11 Å². The number of ether oxygens (including phenoxy) is 2. The molecule has 5 rings (SSSR count). The van der Waals surface area contributed by atoms with Crippen molar-refractivity contribution in [2.24, 2.45) is 0 Å². The van der Waals surface area contributed by atoms with Gasteiger partial charge in [-0.3, -0.25) is 15.0 Å². The number of anilines is 2. The van der Waals surface area contributed by atoms with Crippen LogP contribution in [0.2, 0.25) is 0 Å². The van der Waals surface area contributed by atoms with Gasteiger partial charge >= 0.3 is 0 Å². The van der Waals surface area contributed by atoms with Crippen LogP contribution in [0.25, 0.3) is 11.0 Å². The Morgan fingerprint density at radius 2 is 2.09 bits per heavy atom. The molecule has 1 fully saturated rings. The number of β-amino-alcohol motifs (C(OH)–C–C–N with tert-alkyl or cyclic N) is 1. The monoisotopic (exact) mass is 461 g/mol. The van der Waals surface area contributed by atoms with Gasteiger partial charge in [-0.1, -0.05) is 0 Å². The summed E-state index contributed by atoms with van der Waals surface area (Å²) in [6, 6.07) is 9.65. The number of likely N-dealkylation sites (tertiary alicyclic amines) is 1. The van der Waals surface area contributed by atoms with Gasteiger partial charge in [-0.25, -0.2) is 9.97 Å². The largest absolute Gasteiger partial charge is 0.475 e. The van der Waals surface area contributed by atoms with Gasteiger partial charge in [0.25, 0.3) is 0 Å². The van der Waals surface area contributed by atoms with E-state index in [0.29, 0.717) is 41.6 Å². The molecule has 1 aromatic carbocycles. The number of hydrogen-bond acceptors (Lipinski definition) is 9. The third-order valence-corrected chi connectivity index (χ3v) is 5.77. The van der Waals surface area contributed by atoms with Gasteiger partial charge < -0.3 is 19.9 Å². The van der Waals surface area contributed by atoms with Crippen LogP contribution in [0.3, 0.4) is 0 Å². The van der Waals surface area contributed by atoms with E-state index in [2.05, 4.69) is 35.4 Å². The summed E-state index contributed by atoms with van der Waals surface area (Å²) >= 11 is 0. The number of hydrogen-bond donors (Lipinski definition) is 3. The van der Waals surface area contributed by atoms with E-state index in [1.165, 1.54) is 6.33 Å². The summed E-state index contributed by atoms with van der Waals surface area (Å²) in [5.41, 5.74) is 3.35. The minimum atomic E-state index is -0.246. The molecule has 176 valence electrons. The summed E-state index contributed by atoms with van der Waals surface area (Å²) < 4.78 is 11.9. The molecule has 1 atom stereocenters. The zero-order valence-corrected chi connectivity index (χ0v) is 19.2. The topological polar surface area (TPSA) is 121 Å². The first-order valence-corrected chi connectivity index (χ1v) is 11.3. The van der Waals surface area contributed by atoms with E-state index in [0.717, 1.165) is 42.2 Å². The quantitative estimate of drug-likeness (QED) is 0.363. The fraction of sp³-hybridized carbons (Fsp3) is 0.333. The molecule has 3 N–H and O–H groups in total. The van der Waals surface area contributed by atoms with Crippen LogP contribution < -0.4 is 14.8 Å². The van der Waals surface area contributed by atoms with Gasteiger partial charge in [0.1, 0.15) is 35.6 Å². The summed E-state index contributed by atoms with van der Waals surface area (Å²) in [5.74, 6) is 2.49. The Hall–Kier alpha value is -3.76. The lowest BCUT2D eigenvalue weighted by atomic mass is 10.2. The first-order chi connectivity index (χ1) is 16.5. The molecule has 0 amide bonds. The number of aliphatic hydroxyl groups is 1. The molecule has 0 aliphatic carbocycles. The summed E-state index contributed by atoms with van der Waals surface area (Å²) in [6.45, 7) is 6.66. The molecule has 4 heterocycles. The van der Waals surface area contributed by atoms with Crippen LogP contribution in [0.1, 0.15) is 17.7 Å². The number of nitrogens with zero attached hydrogens (tertiary/aromatic N) is 5. The first kappa shape index (κ1) is 22.1. The highest BCUT2D eigenvalue weighted by Crippen LogP contribution is 2.32. The number of aliphatic hydroxyl groups excluding tert-OH is 1. The van der Waals surface area contributed by atoms with Crippen LogP contribution in [-0.2, 0) is 0 Å². The molecule has 0 bridgehead atoms. The lowest BCUT2D eigenvalue weighted by Gasteiger charge is -2.15. The Morgan fingerprint density at radius 1 is 1.18 bits per heavy atom. The average molecular weight is 462 g/mol. The summed E-state index contributed by atoms with van der Waals surface area (Å²) in [5, 5.41) is 20.9. The standard InChI is InChI=1S/C24H27N7O3/c1-15-11-17(4-6-20(15)34-19-5-3-16(2)25-12-19)28-22-21-23(27-14-26-22)29-30-24(21)33-10-9-31-8-7-18(32)13-31/h3-6,11-12,14,18,32H,7-10,13H2,1-2H3,(H2,26,27,28,29,30)/t18-/m0/s1. The van der Waals surface area contributed by atoms with Gasteiger partial charge in [0, 0.05) is 31.0 Å². The molecule has 0 saturated carbocycles. The van der Waals surface area contributed by atoms with Crippen molar-refractivity contribution in [1.82, 2.24) is 30.0 Å². The molecule has 3 aromatic heterocycles. The van der Waals surface area contributed by atoms with Crippen LogP contribution >= 0.6 is 0 Å². The van der Waals surface area contributed by atoms with Crippen molar-refractivity contribution in [3.05, 3.63) is 54.1 Å². The SMILES string of the molecule is Cc1ccc(Oc2ccc(Nc3ncnc4[nH]nc(OCCN5CC[C@H](O)C5)c34)cc2C)cn1. The fourth-order valence-corrected chi connectivity index (χ4v) is 3.94. The average Bonchev–Trinajstić information content (AvgIpc) is 3.44. The molecule has 34 heavy (non-hydrogen) atoms. The predicted octanol–water partition coefficient (Wildman–Crippen LogP) is 3.35. The van der Waals surface area contributed by atoms with Crippen molar-refractivity contribution in [3.8, 4) is 17.4 Å².